The summed E-state index contributed by atoms with van der Waals surface area (Å²) in [5, 5.41) is 3.45. The van der Waals surface area contributed by atoms with Gasteiger partial charge in [-0.1, -0.05) is 6.07 Å². The van der Waals surface area contributed by atoms with Crippen molar-refractivity contribution in [3.63, 3.8) is 0 Å². The maximum atomic E-state index is 13.1. The topological polar surface area (TPSA) is 108 Å². The first kappa shape index (κ1) is 19.3. The van der Waals surface area contributed by atoms with Crippen molar-refractivity contribution >= 4 is 16.8 Å². The SMILES string of the molecule is Cc1cc(C)c(CNC(=O)c2cc(-c3cccnc3)cc3[nH]c(=O)ccc23)c(=O)[nH]1. The summed E-state index contributed by atoms with van der Waals surface area (Å²) in [5.74, 6) is -0.336. The Hall–Kier alpha value is -4.00. The number of carbonyl (C=O) groups is 1. The van der Waals surface area contributed by atoms with Crippen molar-refractivity contribution in [3.8, 4) is 11.1 Å². The van der Waals surface area contributed by atoms with Crippen molar-refractivity contribution in [2.45, 2.75) is 20.4 Å². The molecule has 3 aromatic heterocycles. The van der Waals surface area contributed by atoms with Crippen LogP contribution in [-0.2, 0) is 6.54 Å². The minimum atomic E-state index is -0.336. The molecule has 3 heterocycles. The average molecular weight is 400 g/mol. The first-order valence-electron chi connectivity index (χ1n) is 9.47. The van der Waals surface area contributed by atoms with E-state index in [0.29, 0.717) is 22.0 Å². The van der Waals surface area contributed by atoms with E-state index in [2.05, 4.69) is 20.3 Å². The first-order valence-corrected chi connectivity index (χ1v) is 9.47. The van der Waals surface area contributed by atoms with E-state index in [1.165, 1.54) is 6.07 Å². The van der Waals surface area contributed by atoms with Crippen LogP contribution in [-0.4, -0.2) is 20.9 Å². The van der Waals surface area contributed by atoms with Crippen LogP contribution in [0.2, 0.25) is 0 Å². The third-order valence-electron chi connectivity index (χ3n) is 5.00. The Balaban J connectivity index is 1.75. The fourth-order valence-electron chi connectivity index (χ4n) is 3.52. The fraction of sp³-hybridized carbons (Fsp3) is 0.130. The minimum absolute atomic E-state index is 0.0995. The Bertz CT molecular complexity index is 1370. The molecule has 0 saturated heterocycles. The molecule has 0 radical (unpaired) electrons. The third-order valence-corrected chi connectivity index (χ3v) is 5.00. The van der Waals surface area contributed by atoms with Gasteiger partial charge in [0.2, 0.25) is 5.56 Å². The molecule has 0 fully saturated rings. The average Bonchev–Trinajstić information content (AvgIpc) is 2.72. The van der Waals surface area contributed by atoms with Crippen LogP contribution in [0.15, 0.2) is 64.4 Å². The number of carbonyl (C=O) groups excluding carboxylic acids is 1. The van der Waals surface area contributed by atoms with Gasteiger partial charge in [0.25, 0.3) is 11.5 Å². The maximum absolute atomic E-state index is 13.1. The standard InChI is InChI=1S/C23H20N4O3/c1-13-8-14(2)26-23(30)19(13)12-25-22(29)18-9-16(15-4-3-7-24-11-15)10-20-17(18)5-6-21(28)27-20/h3-11H,12H2,1-2H3,(H,25,29)(H,26,30)(H,27,28). The Morgan fingerprint density at radius 2 is 1.87 bits per heavy atom. The number of aryl methyl sites for hydroxylation is 2. The van der Waals surface area contributed by atoms with Crippen molar-refractivity contribution in [2.75, 3.05) is 0 Å². The number of aromatic amines is 2. The molecule has 0 aliphatic heterocycles. The molecule has 0 aliphatic carbocycles. The lowest BCUT2D eigenvalue weighted by molar-refractivity contribution is 0.0952. The maximum Gasteiger partial charge on any atom is 0.253 e. The molecule has 7 heteroatoms. The summed E-state index contributed by atoms with van der Waals surface area (Å²) >= 11 is 0. The number of nitrogens with zero attached hydrogens (tertiary/aromatic N) is 1. The summed E-state index contributed by atoms with van der Waals surface area (Å²) in [4.78, 5) is 46.8. The van der Waals surface area contributed by atoms with Crippen molar-refractivity contribution in [3.05, 3.63) is 98.0 Å². The quantitative estimate of drug-likeness (QED) is 0.489. The van der Waals surface area contributed by atoms with Gasteiger partial charge in [-0.15, -0.1) is 0 Å². The number of amides is 1. The Morgan fingerprint density at radius 3 is 2.60 bits per heavy atom. The minimum Gasteiger partial charge on any atom is -0.348 e. The van der Waals surface area contributed by atoms with E-state index in [-0.39, 0.29) is 23.6 Å². The number of nitrogens with one attached hydrogen (secondary N) is 3. The molecule has 0 atom stereocenters. The zero-order chi connectivity index (χ0) is 21.3. The summed E-state index contributed by atoms with van der Waals surface area (Å²) in [6, 6.07) is 12.1. The molecule has 1 amide bonds. The van der Waals surface area contributed by atoms with Crippen LogP contribution in [0.25, 0.3) is 22.0 Å². The van der Waals surface area contributed by atoms with E-state index < -0.39 is 0 Å². The van der Waals surface area contributed by atoms with Crippen LogP contribution in [0.5, 0.6) is 0 Å². The van der Waals surface area contributed by atoms with Crippen LogP contribution < -0.4 is 16.4 Å². The first-order chi connectivity index (χ1) is 14.4. The van der Waals surface area contributed by atoms with Crippen LogP contribution in [0.4, 0.5) is 0 Å². The van der Waals surface area contributed by atoms with Gasteiger partial charge in [0.1, 0.15) is 0 Å². The molecule has 0 spiro atoms. The van der Waals surface area contributed by atoms with Gasteiger partial charge in [-0.25, -0.2) is 0 Å². The van der Waals surface area contributed by atoms with Crippen LogP contribution in [0.1, 0.15) is 27.2 Å². The molecule has 3 N–H and O–H groups in total. The van der Waals surface area contributed by atoms with Crippen molar-refractivity contribution in [1.82, 2.24) is 20.3 Å². The normalized spacial score (nSPS) is 10.9. The van der Waals surface area contributed by atoms with Gasteiger partial charge < -0.3 is 15.3 Å². The Kier molecular flexibility index (Phi) is 5.02. The smallest absolute Gasteiger partial charge is 0.253 e. The van der Waals surface area contributed by atoms with Gasteiger partial charge in [0, 0.05) is 58.3 Å². The Morgan fingerprint density at radius 1 is 1.03 bits per heavy atom. The summed E-state index contributed by atoms with van der Waals surface area (Å²) in [7, 11) is 0. The van der Waals surface area contributed by atoms with Gasteiger partial charge in [0.05, 0.1) is 0 Å². The van der Waals surface area contributed by atoms with Crippen LogP contribution in [0.3, 0.4) is 0 Å². The molecule has 0 aliphatic rings. The van der Waals surface area contributed by atoms with Gasteiger partial charge in [-0.05, 0) is 55.3 Å². The number of hydrogen-bond acceptors (Lipinski definition) is 4. The Labute approximate surface area is 171 Å². The number of pyridine rings is 3. The summed E-state index contributed by atoms with van der Waals surface area (Å²) in [6.07, 6.45) is 3.36. The van der Waals surface area contributed by atoms with Crippen LogP contribution >= 0.6 is 0 Å². The highest BCUT2D eigenvalue weighted by molar-refractivity contribution is 6.07. The lowest BCUT2D eigenvalue weighted by Gasteiger charge is -2.12. The second-order valence-corrected chi connectivity index (χ2v) is 7.18. The zero-order valence-corrected chi connectivity index (χ0v) is 16.6. The van der Waals surface area contributed by atoms with E-state index in [0.717, 1.165) is 22.4 Å². The molecule has 0 saturated carbocycles. The van der Waals surface area contributed by atoms with E-state index in [1.807, 2.05) is 32.0 Å². The van der Waals surface area contributed by atoms with Crippen molar-refractivity contribution in [1.29, 1.82) is 0 Å². The van der Waals surface area contributed by atoms with E-state index in [4.69, 9.17) is 0 Å². The second-order valence-electron chi connectivity index (χ2n) is 7.18. The number of H-pyrrole nitrogens is 2. The lowest BCUT2D eigenvalue weighted by Crippen LogP contribution is -2.28. The van der Waals surface area contributed by atoms with Gasteiger partial charge in [-0.2, -0.15) is 0 Å². The molecule has 0 unspecified atom stereocenters. The van der Waals surface area contributed by atoms with E-state index >= 15 is 0 Å². The predicted octanol–water partition coefficient (Wildman–Crippen LogP) is 2.83. The number of fused-ring (bicyclic) bond motifs is 1. The molecule has 4 rings (SSSR count). The van der Waals surface area contributed by atoms with Gasteiger partial charge in [0.15, 0.2) is 0 Å². The van der Waals surface area contributed by atoms with Gasteiger partial charge in [-0.3, -0.25) is 19.4 Å². The highest BCUT2D eigenvalue weighted by atomic mass is 16.2. The zero-order valence-electron chi connectivity index (χ0n) is 16.6. The highest BCUT2D eigenvalue weighted by Crippen LogP contribution is 2.26. The summed E-state index contributed by atoms with van der Waals surface area (Å²) in [6.45, 7) is 3.75. The summed E-state index contributed by atoms with van der Waals surface area (Å²) < 4.78 is 0. The number of rotatable bonds is 4. The molecule has 0 bridgehead atoms. The predicted molar refractivity (Wildman–Crippen MR) is 116 cm³/mol. The second kappa shape index (κ2) is 7.79. The molecule has 30 heavy (non-hydrogen) atoms. The third kappa shape index (κ3) is 3.77. The fourth-order valence-corrected chi connectivity index (χ4v) is 3.52. The number of hydrogen-bond donors (Lipinski definition) is 3. The number of aromatic nitrogens is 3. The largest absolute Gasteiger partial charge is 0.348 e. The molecule has 4 aromatic rings. The molecular formula is C23H20N4O3. The molecule has 7 nitrogen and oxygen atoms in total. The van der Waals surface area contributed by atoms with Crippen LogP contribution in [0, 0.1) is 13.8 Å². The molecule has 1 aromatic carbocycles. The summed E-state index contributed by atoms with van der Waals surface area (Å²) in [5.41, 5.74) is 4.17. The molecule has 150 valence electrons. The van der Waals surface area contributed by atoms with Crippen molar-refractivity contribution in [2.24, 2.45) is 0 Å². The lowest BCUT2D eigenvalue weighted by atomic mass is 9.99. The van der Waals surface area contributed by atoms with E-state index in [1.54, 1.807) is 30.6 Å². The van der Waals surface area contributed by atoms with Gasteiger partial charge >= 0.3 is 0 Å². The monoisotopic (exact) mass is 400 g/mol. The highest BCUT2D eigenvalue weighted by Gasteiger charge is 2.15. The van der Waals surface area contributed by atoms with E-state index in [9.17, 15) is 14.4 Å². The molecular weight excluding hydrogens is 380 g/mol. The van der Waals surface area contributed by atoms with Crippen molar-refractivity contribution < 1.29 is 4.79 Å². The number of benzene rings is 1.